The SMILES string of the molecule is COC(=O)NC(CCC=CC(=O)N(C)C)C(=O)Nc1ccc(C)n(Cc2nc3c(F)cnc(CC4CC4)c3[nH]2)c1=O. The Kier molecular flexibility index (Phi) is 9.15. The van der Waals surface area contributed by atoms with Crippen LogP contribution in [0.5, 0.6) is 0 Å². The van der Waals surface area contributed by atoms with Crippen molar-refractivity contribution in [2.75, 3.05) is 26.5 Å². The van der Waals surface area contributed by atoms with Gasteiger partial charge >= 0.3 is 6.09 Å². The molecule has 218 valence electrons. The molecule has 0 spiro atoms. The van der Waals surface area contributed by atoms with E-state index in [4.69, 9.17) is 0 Å². The van der Waals surface area contributed by atoms with Crippen molar-refractivity contribution >= 4 is 34.6 Å². The fourth-order valence-corrected chi connectivity index (χ4v) is 4.29. The van der Waals surface area contributed by atoms with E-state index in [1.165, 1.54) is 34.9 Å². The van der Waals surface area contributed by atoms with E-state index in [1.807, 2.05) is 0 Å². The Morgan fingerprint density at radius 3 is 2.73 bits per heavy atom. The van der Waals surface area contributed by atoms with E-state index in [-0.39, 0.29) is 30.1 Å². The summed E-state index contributed by atoms with van der Waals surface area (Å²) in [5.74, 6) is -0.465. The van der Waals surface area contributed by atoms with Gasteiger partial charge in [-0.3, -0.25) is 19.4 Å². The number of pyridine rings is 2. The van der Waals surface area contributed by atoms with E-state index < -0.39 is 29.4 Å². The number of likely N-dealkylation sites (N-methyl/N-ethyl adjacent to an activating group) is 1. The Morgan fingerprint density at radius 2 is 2.05 bits per heavy atom. The zero-order valence-corrected chi connectivity index (χ0v) is 23.5. The van der Waals surface area contributed by atoms with E-state index in [0.717, 1.165) is 25.0 Å². The molecule has 41 heavy (non-hydrogen) atoms. The van der Waals surface area contributed by atoms with Gasteiger partial charge in [0.1, 0.15) is 23.1 Å². The normalized spacial score (nSPS) is 13.8. The molecule has 1 unspecified atom stereocenters. The van der Waals surface area contributed by atoms with Gasteiger partial charge in [-0.25, -0.2) is 14.2 Å². The molecule has 3 N–H and O–H groups in total. The standard InChI is InChI=1S/C28H34FN7O5/c1-16-9-12-20(31-26(38)19(32-28(40)41-4)7-5-6-8-23(37)35(2)3)27(39)36(16)15-22-33-24-18(29)14-30-21(25(24)34-22)13-17-10-11-17/h6,8-9,12,14,17,19H,5,7,10-11,13,15H2,1-4H3,(H,31,38)(H,32,40)(H,33,34). The number of nitrogens with zero attached hydrogens (tertiary/aromatic N) is 4. The number of H-pyrrole nitrogens is 1. The summed E-state index contributed by atoms with van der Waals surface area (Å²) in [5.41, 5.74) is 1.56. The Bertz CT molecular complexity index is 1540. The molecule has 0 aliphatic heterocycles. The molecular weight excluding hydrogens is 533 g/mol. The largest absolute Gasteiger partial charge is 0.453 e. The second-order valence-corrected chi connectivity index (χ2v) is 10.3. The molecule has 1 saturated carbocycles. The van der Waals surface area contributed by atoms with Crippen molar-refractivity contribution in [2.45, 2.75) is 51.6 Å². The number of aromatic nitrogens is 4. The quantitative estimate of drug-likeness (QED) is 0.301. The lowest BCUT2D eigenvalue weighted by atomic mass is 10.1. The number of hydrogen-bond acceptors (Lipinski definition) is 7. The van der Waals surface area contributed by atoms with Crippen LogP contribution in [0.15, 0.2) is 35.3 Å². The van der Waals surface area contributed by atoms with Crippen LogP contribution >= 0.6 is 0 Å². The van der Waals surface area contributed by atoms with E-state index in [0.29, 0.717) is 29.4 Å². The Balaban J connectivity index is 1.52. The molecule has 3 heterocycles. The molecule has 1 aliphatic carbocycles. The topological polar surface area (TPSA) is 151 Å². The van der Waals surface area contributed by atoms with Crippen molar-refractivity contribution in [3.8, 4) is 0 Å². The zero-order chi connectivity index (χ0) is 29.7. The number of halogens is 1. The minimum Gasteiger partial charge on any atom is -0.453 e. The molecule has 1 aliphatic rings. The summed E-state index contributed by atoms with van der Waals surface area (Å²) < 4.78 is 20.5. The van der Waals surface area contributed by atoms with Gasteiger partial charge in [-0.05, 0) is 63.2 Å². The maximum atomic E-state index is 14.5. The van der Waals surface area contributed by atoms with Crippen LogP contribution in [0.25, 0.3) is 11.0 Å². The smallest absolute Gasteiger partial charge is 0.407 e. The number of aromatic amines is 1. The maximum absolute atomic E-state index is 14.5. The van der Waals surface area contributed by atoms with E-state index >= 15 is 0 Å². The highest BCUT2D eigenvalue weighted by atomic mass is 19.1. The van der Waals surface area contributed by atoms with Gasteiger partial charge in [-0.1, -0.05) is 6.08 Å². The predicted octanol–water partition coefficient (Wildman–Crippen LogP) is 2.66. The number of aryl methyl sites for hydroxylation is 1. The number of rotatable bonds is 11. The van der Waals surface area contributed by atoms with Gasteiger partial charge in [0.25, 0.3) is 5.56 Å². The Labute approximate surface area is 236 Å². The molecule has 1 atom stereocenters. The lowest BCUT2D eigenvalue weighted by Gasteiger charge is -2.18. The highest BCUT2D eigenvalue weighted by molar-refractivity contribution is 5.96. The second-order valence-electron chi connectivity index (χ2n) is 10.3. The lowest BCUT2D eigenvalue weighted by Crippen LogP contribution is -2.44. The van der Waals surface area contributed by atoms with Gasteiger partial charge in [0.15, 0.2) is 5.82 Å². The summed E-state index contributed by atoms with van der Waals surface area (Å²) in [4.78, 5) is 63.3. The van der Waals surface area contributed by atoms with Gasteiger partial charge < -0.3 is 29.8 Å². The number of hydrogen-bond donors (Lipinski definition) is 3. The third-order valence-corrected chi connectivity index (χ3v) is 6.86. The van der Waals surface area contributed by atoms with Gasteiger partial charge in [-0.2, -0.15) is 0 Å². The third kappa shape index (κ3) is 7.35. The Morgan fingerprint density at radius 1 is 1.29 bits per heavy atom. The number of nitrogens with one attached hydrogen (secondary N) is 3. The van der Waals surface area contributed by atoms with Crippen LogP contribution in [0.2, 0.25) is 0 Å². The van der Waals surface area contributed by atoms with Crippen molar-refractivity contribution in [2.24, 2.45) is 5.92 Å². The van der Waals surface area contributed by atoms with Crippen LogP contribution in [-0.4, -0.2) is 69.6 Å². The van der Waals surface area contributed by atoms with Crippen molar-refractivity contribution < 1.29 is 23.5 Å². The number of fused-ring (bicyclic) bond motifs is 1. The van der Waals surface area contributed by atoms with Crippen LogP contribution in [0.1, 0.15) is 42.9 Å². The summed E-state index contributed by atoms with van der Waals surface area (Å²) >= 11 is 0. The molecule has 4 rings (SSSR count). The summed E-state index contributed by atoms with van der Waals surface area (Å²) in [5, 5.41) is 5.05. The molecule has 12 nitrogen and oxygen atoms in total. The first-order valence-electron chi connectivity index (χ1n) is 13.3. The summed E-state index contributed by atoms with van der Waals surface area (Å²) in [6.45, 7) is 1.75. The van der Waals surface area contributed by atoms with E-state index in [1.54, 1.807) is 33.2 Å². The first-order chi connectivity index (χ1) is 19.6. The fourth-order valence-electron chi connectivity index (χ4n) is 4.29. The number of anilines is 1. The molecule has 1 fully saturated rings. The second kappa shape index (κ2) is 12.7. The zero-order valence-electron chi connectivity index (χ0n) is 23.5. The van der Waals surface area contributed by atoms with Crippen LogP contribution in [0, 0.1) is 18.7 Å². The molecule has 3 aromatic rings. The highest BCUT2D eigenvalue weighted by Crippen LogP contribution is 2.33. The van der Waals surface area contributed by atoms with Crippen molar-refractivity contribution in [1.82, 2.24) is 29.7 Å². The molecule has 3 aromatic heterocycles. The number of amides is 3. The van der Waals surface area contributed by atoms with Gasteiger partial charge in [0.05, 0.1) is 31.1 Å². The third-order valence-electron chi connectivity index (χ3n) is 6.86. The minimum atomic E-state index is -1.04. The predicted molar refractivity (Wildman–Crippen MR) is 150 cm³/mol. The molecule has 0 saturated heterocycles. The first kappa shape index (κ1) is 29.4. The number of methoxy groups -OCH3 is 1. The molecular formula is C28H34FN7O5. The summed E-state index contributed by atoms with van der Waals surface area (Å²) in [7, 11) is 4.41. The number of carbonyl (C=O) groups excluding carboxylic acids is 3. The van der Waals surface area contributed by atoms with E-state index in [2.05, 4.69) is 30.3 Å². The highest BCUT2D eigenvalue weighted by Gasteiger charge is 2.25. The van der Waals surface area contributed by atoms with Gasteiger partial charge in [-0.15, -0.1) is 0 Å². The van der Waals surface area contributed by atoms with Crippen LogP contribution < -0.4 is 16.2 Å². The van der Waals surface area contributed by atoms with Crippen molar-refractivity contribution in [3.05, 3.63) is 63.9 Å². The minimum absolute atomic E-state index is 0.00558. The fraction of sp³-hybridized carbons (Fsp3) is 0.429. The summed E-state index contributed by atoms with van der Waals surface area (Å²) in [6, 6.07) is 2.11. The molecule has 13 heteroatoms. The average Bonchev–Trinajstić information content (AvgIpc) is 3.66. The van der Waals surface area contributed by atoms with E-state index in [9.17, 15) is 23.6 Å². The van der Waals surface area contributed by atoms with Gasteiger partial charge in [0, 0.05) is 19.8 Å². The molecule has 0 aromatic carbocycles. The number of carbonyl (C=O) groups is 3. The van der Waals surface area contributed by atoms with Crippen LogP contribution in [0.3, 0.4) is 0 Å². The number of ether oxygens (including phenoxy) is 1. The van der Waals surface area contributed by atoms with Crippen molar-refractivity contribution in [3.63, 3.8) is 0 Å². The number of allylic oxidation sites excluding steroid dienone is 1. The van der Waals surface area contributed by atoms with Crippen molar-refractivity contribution in [1.29, 1.82) is 0 Å². The molecule has 3 amide bonds. The van der Waals surface area contributed by atoms with Crippen LogP contribution in [-0.2, 0) is 27.3 Å². The number of alkyl carbamates (subject to hydrolysis) is 1. The first-order valence-corrected chi connectivity index (χ1v) is 13.3. The molecule has 0 radical (unpaired) electrons. The van der Waals surface area contributed by atoms with Gasteiger partial charge in [0.2, 0.25) is 11.8 Å². The Hall–Kier alpha value is -4.55. The van der Waals surface area contributed by atoms with Crippen LogP contribution in [0.4, 0.5) is 14.9 Å². The molecule has 0 bridgehead atoms. The number of imidazole rings is 1. The lowest BCUT2D eigenvalue weighted by molar-refractivity contribution is -0.123. The maximum Gasteiger partial charge on any atom is 0.407 e. The monoisotopic (exact) mass is 567 g/mol. The summed E-state index contributed by atoms with van der Waals surface area (Å²) in [6.07, 6.45) is 6.78. The average molecular weight is 568 g/mol.